The van der Waals surface area contributed by atoms with E-state index in [2.05, 4.69) is 45.1 Å². The monoisotopic (exact) mass is 287 g/mol. The van der Waals surface area contributed by atoms with E-state index in [-0.39, 0.29) is 0 Å². The van der Waals surface area contributed by atoms with Crippen LogP contribution in [0.2, 0.25) is 0 Å². The van der Waals surface area contributed by atoms with E-state index in [9.17, 15) is 0 Å². The molecule has 0 aliphatic rings. The molecule has 0 bridgehead atoms. The Morgan fingerprint density at radius 2 is 1.86 bits per heavy atom. The van der Waals surface area contributed by atoms with Crippen molar-refractivity contribution >= 4 is 0 Å². The van der Waals surface area contributed by atoms with E-state index in [1.165, 1.54) is 5.56 Å². The molecule has 114 valence electrons. The molecule has 0 amide bonds. The van der Waals surface area contributed by atoms with Crippen LogP contribution in [0, 0.1) is 0 Å². The zero-order chi connectivity index (χ0) is 15.2. The molecule has 1 aromatic heterocycles. The molecule has 0 radical (unpaired) electrons. The van der Waals surface area contributed by atoms with Gasteiger partial charge in [0, 0.05) is 11.6 Å². The van der Waals surface area contributed by atoms with Gasteiger partial charge in [0.15, 0.2) is 0 Å². The minimum absolute atomic E-state index is 0.436. The van der Waals surface area contributed by atoms with Crippen molar-refractivity contribution in [2.75, 3.05) is 0 Å². The molecule has 1 N–H and O–H groups in total. The number of rotatable bonds is 7. The Balaban J connectivity index is 2.02. The summed E-state index contributed by atoms with van der Waals surface area (Å²) in [6, 6.07) is 10.6. The summed E-state index contributed by atoms with van der Waals surface area (Å²) in [6.45, 7) is 9.87. The maximum atomic E-state index is 6.00. The lowest BCUT2D eigenvalue weighted by Crippen LogP contribution is -2.22. The van der Waals surface area contributed by atoms with Gasteiger partial charge in [0.05, 0.1) is 12.8 Å². The van der Waals surface area contributed by atoms with E-state index >= 15 is 0 Å². The van der Waals surface area contributed by atoms with Crippen LogP contribution in [0.25, 0.3) is 0 Å². The normalized spacial score (nSPS) is 11.3. The summed E-state index contributed by atoms with van der Waals surface area (Å²) >= 11 is 0. The topological polar surface area (TPSA) is 34.4 Å². The van der Waals surface area contributed by atoms with Gasteiger partial charge in [-0.3, -0.25) is 0 Å². The lowest BCUT2D eigenvalue weighted by molar-refractivity contribution is 0.297. The Morgan fingerprint density at radius 1 is 1.10 bits per heavy atom. The highest BCUT2D eigenvalue weighted by Crippen LogP contribution is 2.27. The van der Waals surface area contributed by atoms with Crippen molar-refractivity contribution in [2.45, 2.75) is 52.8 Å². The molecule has 1 aromatic carbocycles. The molecule has 0 saturated heterocycles. The second kappa shape index (κ2) is 7.32. The Bertz CT molecular complexity index is 558. The second-order valence-electron chi connectivity index (χ2n) is 5.89. The molecule has 0 spiro atoms. The van der Waals surface area contributed by atoms with Gasteiger partial charge in [0.25, 0.3) is 0 Å². The van der Waals surface area contributed by atoms with E-state index in [4.69, 9.17) is 9.15 Å². The van der Waals surface area contributed by atoms with Gasteiger partial charge < -0.3 is 14.5 Å². The van der Waals surface area contributed by atoms with Crippen LogP contribution in [-0.2, 0) is 13.2 Å². The minimum Gasteiger partial charge on any atom is -0.488 e. The molecule has 1 heterocycles. The maximum Gasteiger partial charge on any atom is 0.124 e. The van der Waals surface area contributed by atoms with E-state index in [1.54, 1.807) is 6.26 Å². The number of furan rings is 1. The summed E-state index contributed by atoms with van der Waals surface area (Å²) in [5.41, 5.74) is 2.34. The lowest BCUT2D eigenvalue weighted by atomic mass is 10.0. The van der Waals surface area contributed by atoms with Gasteiger partial charge in [-0.25, -0.2) is 0 Å². The van der Waals surface area contributed by atoms with Gasteiger partial charge >= 0.3 is 0 Å². The first-order valence-electron chi connectivity index (χ1n) is 7.58. The smallest absolute Gasteiger partial charge is 0.124 e. The highest BCUT2D eigenvalue weighted by atomic mass is 16.5. The Labute approximate surface area is 127 Å². The molecule has 0 fully saturated rings. The molecule has 0 aliphatic heterocycles. The van der Waals surface area contributed by atoms with Crippen molar-refractivity contribution < 1.29 is 9.15 Å². The van der Waals surface area contributed by atoms with Gasteiger partial charge in [0.1, 0.15) is 18.1 Å². The number of ether oxygens (including phenoxy) is 1. The molecule has 3 nitrogen and oxygen atoms in total. The summed E-state index contributed by atoms with van der Waals surface area (Å²) < 4.78 is 11.5. The summed E-state index contributed by atoms with van der Waals surface area (Å²) in [6.07, 6.45) is 1.73. The molecule has 21 heavy (non-hydrogen) atoms. The average molecular weight is 287 g/mol. The predicted molar refractivity (Wildman–Crippen MR) is 85.5 cm³/mol. The summed E-state index contributed by atoms with van der Waals surface area (Å²) in [7, 11) is 0. The Hall–Kier alpha value is -1.74. The standard InChI is InChI=1S/C18H25NO2/c1-13(2)16-7-5-6-8-17(16)21-12-15-9-10-20-18(15)11-19-14(3)4/h5-10,13-14,19H,11-12H2,1-4H3. The first kappa shape index (κ1) is 15.6. The largest absolute Gasteiger partial charge is 0.488 e. The van der Waals surface area contributed by atoms with Gasteiger partial charge in [-0.15, -0.1) is 0 Å². The van der Waals surface area contributed by atoms with E-state index in [0.29, 0.717) is 18.6 Å². The molecule has 3 heteroatoms. The quantitative estimate of drug-likeness (QED) is 0.815. The number of benzene rings is 1. The van der Waals surface area contributed by atoms with Crippen molar-refractivity contribution in [3.05, 3.63) is 53.5 Å². The van der Waals surface area contributed by atoms with Gasteiger partial charge in [-0.1, -0.05) is 45.9 Å². The summed E-state index contributed by atoms with van der Waals surface area (Å²) in [5.74, 6) is 2.36. The highest BCUT2D eigenvalue weighted by Gasteiger charge is 2.10. The van der Waals surface area contributed by atoms with Crippen LogP contribution in [0.5, 0.6) is 5.75 Å². The lowest BCUT2D eigenvalue weighted by Gasteiger charge is -2.14. The van der Waals surface area contributed by atoms with E-state index in [0.717, 1.165) is 23.6 Å². The van der Waals surface area contributed by atoms with Crippen LogP contribution in [0.1, 0.15) is 50.5 Å². The maximum absolute atomic E-state index is 6.00. The van der Waals surface area contributed by atoms with Crippen LogP contribution in [-0.4, -0.2) is 6.04 Å². The number of hydrogen-bond donors (Lipinski definition) is 1. The first-order chi connectivity index (χ1) is 10.1. The summed E-state index contributed by atoms with van der Waals surface area (Å²) in [5, 5.41) is 3.37. The molecular weight excluding hydrogens is 262 g/mol. The Morgan fingerprint density at radius 3 is 2.57 bits per heavy atom. The number of hydrogen-bond acceptors (Lipinski definition) is 3. The van der Waals surface area contributed by atoms with Crippen LogP contribution in [0.15, 0.2) is 41.0 Å². The zero-order valence-corrected chi connectivity index (χ0v) is 13.3. The molecule has 0 saturated carbocycles. The second-order valence-corrected chi connectivity index (χ2v) is 5.89. The van der Waals surface area contributed by atoms with Crippen LogP contribution >= 0.6 is 0 Å². The van der Waals surface area contributed by atoms with E-state index < -0.39 is 0 Å². The van der Waals surface area contributed by atoms with Crippen LogP contribution in [0.4, 0.5) is 0 Å². The van der Waals surface area contributed by atoms with Crippen LogP contribution in [0.3, 0.4) is 0 Å². The average Bonchev–Trinajstić information content (AvgIpc) is 2.90. The molecule has 2 aromatic rings. The third-order valence-corrected chi connectivity index (χ3v) is 3.43. The van der Waals surface area contributed by atoms with Gasteiger partial charge in [-0.05, 0) is 23.6 Å². The van der Waals surface area contributed by atoms with Crippen molar-refractivity contribution in [1.82, 2.24) is 5.32 Å². The van der Waals surface area contributed by atoms with Crippen molar-refractivity contribution in [3.8, 4) is 5.75 Å². The molecule has 0 aliphatic carbocycles. The third-order valence-electron chi connectivity index (χ3n) is 3.43. The fourth-order valence-corrected chi connectivity index (χ4v) is 2.19. The minimum atomic E-state index is 0.436. The molecule has 0 unspecified atom stereocenters. The third kappa shape index (κ3) is 4.36. The molecule has 2 rings (SSSR count). The van der Waals surface area contributed by atoms with Gasteiger partial charge in [0.2, 0.25) is 0 Å². The first-order valence-corrected chi connectivity index (χ1v) is 7.58. The van der Waals surface area contributed by atoms with Crippen molar-refractivity contribution in [2.24, 2.45) is 0 Å². The fraction of sp³-hybridized carbons (Fsp3) is 0.444. The Kier molecular flexibility index (Phi) is 5.45. The van der Waals surface area contributed by atoms with Gasteiger partial charge in [-0.2, -0.15) is 0 Å². The molecule has 0 atom stereocenters. The molecular formula is C18H25NO2. The SMILES string of the molecule is CC(C)NCc1occc1COc1ccccc1C(C)C. The van der Waals surface area contributed by atoms with Crippen LogP contribution < -0.4 is 10.1 Å². The van der Waals surface area contributed by atoms with Crippen molar-refractivity contribution in [1.29, 1.82) is 0 Å². The number of para-hydroxylation sites is 1. The highest BCUT2D eigenvalue weighted by molar-refractivity contribution is 5.35. The van der Waals surface area contributed by atoms with Crippen molar-refractivity contribution in [3.63, 3.8) is 0 Å². The summed E-state index contributed by atoms with van der Waals surface area (Å²) in [4.78, 5) is 0. The van der Waals surface area contributed by atoms with E-state index in [1.807, 2.05) is 18.2 Å². The zero-order valence-electron chi connectivity index (χ0n) is 13.3. The number of nitrogens with one attached hydrogen (secondary N) is 1. The predicted octanol–water partition coefficient (Wildman–Crippen LogP) is 4.48. The fourth-order valence-electron chi connectivity index (χ4n) is 2.19.